The number of ketones is 1. The van der Waals surface area contributed by atoms with Crippen molar-refractivity contribution in [2.75, 3.05) is 18.4 Å². The van der Waals surface area contributed by atoms with Gasteiger partial charge in [-0.15, -0.1) is 0 Å². The van der Waals surface area contributed by atoms with Gasteiger partial charge in [-0.05, 0) is 30.1 Å². The first-order valence-corrected chi connectivity index (χ1v) is 5.84. The van der Waals surface area contributed by atoms with E-state index in [4.69, 9.17) is 10.4 Å². The molecule has 0 aromatic heterocycles. The van der Waals surface area contributed by atoms with Crippen LogP contribution in [0.15, 0.2) is 18.2 Å². The second-order valence-electron chi connectivity index (χ2n) is 4.40. The number of Topliss-reactive ketones (excluding diaryl/α,β-unsaturated/α-hetero) is 1. The van der Waals surface area contributed by atoms with Crippen LogP contribution in [0.1, 0.15) is 18.6 Å². The topological polar surface area (TPSA) is 64.3 Å². The molecule has 0 bridgehead atoms. The predicted octanol–water partition coefficient (Wildman–Crippen LogP) is 0.546. The Kier molecular flexibility index (Phi) is 3.50. The highest BCUT2D eigenvalue weighted by molar-refractivity contribution is 6.67. The van der Waals surface area contributed by atoms with E-state index in [0.717, 1.165) is 16.7 Å². The van der Waals surface area contributed by atoms with E-state index < -0.39 is 0 Å². The zero-order valence-electron chi connectivity index (χ0n) is 10.2. The summed E-state index contributed by atoms with van der Waals surface area (Å²) in [4.78, 5) is 10.9. The standard InChI is InChI=1S/C12H17BN2O2/c1-8(16)7-15-9-3-4-10-11(5-9)13(2)17-12(10)6-14/h3-5,12,15H,6-7,14H2,1-2H3. The van der Waals surface area contributed by atoms with Gasteiger partial charge in [-0.1, -0.05) is 12.9 Å². The fourth-order valence-corrected chi connectivity index (χ4v) is 2.13. The number of hydrogen-bond donors (Lipinski definition) is 2. The summed E-state index contributed by atoms with van der Waals surface area (Å²) < 4.78 is 5.74. The van der Waals surface area contributed by atoms with Gasteiger partial charge in [0.05, 0.1) is 12.6 Å². The van der Waals surface area contributed by atoms with Crippen molar-refractivity contribution in [3.8, 4) is 0 Å². The van der Waals surface area contributed by atoms with Crippen LogP contribution < -0.4 is 16.5 Å². The Balaban J connectivity index is 2.19. The molecule has 5 heteroatoms. The van der Waals surface area contributed by atoms with Crippen molar-refractivity contribution < 1.29 is 9.45 Å². The fraction of sp³-hybridized carbons (Fsp3) is 0.417. The molecule has 3 N–H and O–H groups in total. The molecular weight excluding hydrogens is 215 g/mol. The summed E-state index contributed by atoms with van der Waals surface area (Å²) in [6.45, 7) is 4.50. The Hall–Kier alpha value is -1.33. The van der Waals surface area contributed by atoms with Crippen molar-refractivity contribution in [1.82, 2.24) is 0 Å². The van der Waals surface area contributed by atoms with Crippen molar-refractivity contribution in [3.05, 3.63) is 23.8 Å². The molecule has 90 valence electrons. The van der Waals surface area contributed by atoms with Crippen molar-refractivity contribution in [3.63, 3.8) is 0 Å². The Morgan fingerprint density at radius 3 is 3.00 bits per heavy atom. The summed E-state index contributed by atoms with van der Waals surface area (Å²) in [7, 11) is 0. The highest BCUT2D eigenvalue weighted by atomic mass is 16.5. The molecule has 4 nitrogen and oxygen atoms in total. The third-order valence-corrected chi connectivity index (χ3v) is 3.00. The van der Waals surface area contributed by atoms with Gasteiger partial charge in [0.25, 0.3) is 0 Å². The Morgan fingerprint density at radius 1 is 1.59 bits per heavy atom. The van der Waals surface area contributed by atoms with Crippen LogP contribution in [0, 0.1) is 0 Å². The molecule has 1 heterocycles. The van der Waals surface area contributed by atoms with E-state index >= 15 is 0 Å². The lowest BCUT2D eigenvalue weighted by Crippen LogP contribution is -2.25. The molecule has 0 amide bonds. The van der Waals surface area contributed by atoms with Crippen molar-refractivity contribution in [2.24, 2.45) is 5.73 Å². The van der Waals surface area contributed by atoms with Crippen LogP contribution in [0.4, 0.5) is 5.69 Å². The molecule has 0 saturated heterocycles. The minimum Gasteiger partial charge on any atom is -0.423 e. The predicted molar refractivity (Wildman–Crippen MR) is 69.7 cm³/mol. The minimum absolute atomic E-state index is 0.00172. The number of anilines is 1. The number of fused-ring (bicyclic) bond motifs is 1. The number of nitrogens with one attached hydrogen (secondary N) is 1. The van der Waals surface area contributed by atoms with Gasteiger partial charge in [-0.25, -0.2) is 0 Å². The van der Waals surface area contributed by atoms with Gasteiger partial charge in [0.2, 0.25) is 0 Å². The molecule has 0 spiro atoms. The number of hydrogen-bond acceptors (Lipinski definition) is 4. The van der Waals surface area contributed by atoms with Gasteiger partial charge >= 0.3 is 6.92 Å². The zero-order valence-corrected chi connectivity index (χ0v) is 10.2. The molecule has 1 aromatic rings. The lowest BCUT2D eigenvalue weighted by Gasteiger charge is -2.10. The van der Waals surface area contributed by atoms with E-state index in [1.807, 2.05) is 25.0 Å². The maximum Gasteiger partial charge on any atom is 0.324 e. The highest BCUT2D eigenvalue weighted by Crippen LogP contribution is 2.24. The molecular formula is C12H17BN2O2. The summed E-state index contributed by atoms with van der Waals surface area (Å²) in [6.07, 6.45) is 0.00172. The first-order valence-electron chi connectivity index (χ1n) is 5.84. The number of carbonyl (C=O) groups is 1. The monoisotopic (exact) mass is 232 g/mol. The van der Waals surface area contributed by atoms with Gasteiger partial charge in [0.15, 0.2) is 0 Å². The number of nitrogens with two attached hydrogens (primary N) is 1. The average Bonchev–Trinajstić information content (AvgIpc) is 2.63. The largest absolute Gasteiger partial charge is 0.423 e. The second kappa shape index (κ2) is 4.90. The van der Waals surface area contributed by atoms with Crippen LogP contribution in [0.5, 0.6) is 0 Å². The zero-order chi connectivity index (χ0) is 12.4. The van der Waals surface area contributed by atoms with Crippen LogP contribution in [-0.2, 0) is 9.45 Å². The van der Waals surface area contributed by atoms with Gasteiger partial charge in [0.1, 0.15) is 5.78 Å². The van der Waals surface area contributed by atoms with E-state index in [-0.39, 0.29) is 18.8 Å². The smallest absolute Gasteiger partial charge is 0.324 e. The normalized spacial score (nSPS) is 18.1. The van der Waals surface area contributed by atoms with Crippen LogP contribution in [-0.4, -0.2) is 25.8 Å². The molecule has 0 radical (unpaired) electrons. The molecule has 0 fully saturated rings. The van der Waals surface area contributed by atoms with E-state index in [0.29, 0.717) is 13.1 Å². The van der Waals surface area contributed by atoms with E-state index in [2.05, 4.69) is 5.32 Å². The Morgan fingerprint density at radius 2 is 2.35 bits per heavy atom. The first kappa shape index (κ1) is 12.1. The SMILES string of the molecule is CB1OC(CN)c2ccc(NCC(C)=O)cc21. The first-order chi connectivity index (χ1) is 8.11. The van der Waals surface area contributed by atoms with E-state index in [1.54, 1.807) is 6.92 Å². The Bertz CT molecular complexity index is 437. The lowest BCUT2D eigenvalue weighted by atomic mass is 9.64. The molecule has 1 aliphatic heterocycles. The summed E-state index contributed by atoms with van der Waals surface area (Å²) in [5.41, 5.74) is 8.93. The van der Waals surface area contributed by atoms with Gasteiger partial charge in [0, 0.05) is 12.2 Å². The van der Waals surface area contributed by atoms with Crippen LogP contribution in [0.3, 0.4) is 0 Å². The van der Waals surface area contributed by atoms with Crippen LogP contribution >= 0.6 is 0 Å². The molecule has 2 rings (SSSR count). The molecule has 1 aliphatic rings. The minimum atomic E-state index is 0.00172. The quantitative estimate of drug-likeness (QED) is 0.744. The third kappa shape index (κ3) is 2.51. The van der Waals surface area contributed by atoms with Gasteiger partial charge in [-0.3, -0.25) is 4.79 Å². The average molecular weight is 232 g/mol. The molecule has 0 aliphatic carbocycles. The van der Waals surface area contributed by atoms with Crippen molar-refractivity contribution >= 4 is 23.8 Å². The summed E-state index contributed by atoms with van der Waals surface area (Å²) >= 11 is 0. The number of rotatable bonds is 4. The number of carbonyl (C=O) groups excluding carboxylic acids is 1. The maximum absolute atomic E-state index is 10.9. The van der Waals surface area contributed by atoms with Crippen molar-refractivity contribution in [2.45, 2.75) is 19.9 Å². The summed E-state index contributed by atoms with van der Waals surface area (Å²) in [5, 5.41) is 3.09. The van der Waals surface area contributed by atoms with Crippen LogP contribution in [0.2, 0.25) is 6.82 Å². The lowest BCUT2D eigenvalue weighted by molar-refractivity contribution is -0.115. The number of benzene rings is 1. The molecule has 1 aromatic carbocycles. The third-order valence-electron chi connectivity index (χ3n) is 3.00. The van der Waals surface area contributed by atoms with Crippen LogP contribution in [0.25, 0.3) is 0 Å². The summed E-state index contributed by atoms with van der Waals surface area (Å²) in [5.74, 6) is 0.120. The van der Waals surface area contributed by atoms with Gasteiger partial charge < -0.3 is 15.7 Å². The van der Waals surface area contributed by atoms with Gasteiger partial charge in [-0.2, -0.15) is 0 Å². The molecule has 1 unspecified atom stereocenters. The Labute approximate surface area is 102 Å². The molecule has 0 saturated carbocycles. The van der Waals surface area contributed by atoms with E-state index in [1.165, 1.54) is 0 Å². The fourth-order valence-electron chi connectivity index (χ4n) is 2.13. The molecule has 1 atom stereocenters. The second-order valence-corrected chi connectivity index (χ2v) is 4.40. The van der Waals surface area contributed by atoms with Crippen molar-refractivity contribution in [1.29, 1.82) is 0 Å². The van der Waals surface area contributed by atoms with E-state index in [9.17, 15) is 4.79 Å². The maximum atomic E-state index is 10.9. The highest BCUT2D eigenvalue weighted by Gasteiger charge is 2.30. The summed E-state index contributed by atoms with van der Waals surface area (Å²) in [6, 6.07) is 6.03. The molecule has 17 heavy (non-hydrogen) atoms.